The van der Waals surface area contributed by atoms with Gasteiger partial charge in [0.25, 0.3) is 0 Å². The summed E-state index contributed by atoms with van der Waals surface area (Å²) in [5, 5.41) is 0. The van der Waals surface area contributed by atoms with E-state index in [0.717, 1.165) is 24.8 Å². The molecule has 0 radical (unpaired) electrons. The van der Waals surface area contributed by atoms with Crippen molar-refractivity contribution in [2.45, 2.75) is 121 Å². The van der Waals surface area contributed by atoms with Crippen molar-refractivity contribution in [2.24, 2.45) is 28.6 Å². The van der Waals surface area contributed by atoms with Crippen molar-refractivity contribution in [1.82, 2.24) is 0 Å². The minimum Gasteiger partial charge on any atom is -0.469 e. The molecule has 39 heavy (non-hydrogen) atoms. The number of carbonyl (C=O) groups is 2. The van der Waals surface area contributed by atoms with Crippen LogP contribution in [-0.2, 0) is 32.3 Å². The lowest BCUT2D eigenvalue weighted by molar-refractivity contribution is -0.176. The van der Waals surface area contributed by atoms with Gasteiger partial charge in [-0.1, -0.05) is 6.58 Å². The predicted molar refractivity (Wildman–Crippen MR) is 158 cm³/mol. The van der Waals surface area contributed by atoms with Crippen LogP contribution in [0.3, 0.4) is 0 Å². The summed E-state index contributed by atoms with van der Waals surface area (Å²) < 4.78 is 33.1. The Hall–Kier alpha value is -0.789. The Balaban J connectivity index is 1.73. The topological polar surface area (TPSA) is 80.3 Å². The lowest BCUT2D eigenvalue weighted by atomic mass is 9.58. The maximum atomic E-state index is 14.1. The number of ether oxygens (including phenoxy) is 2. The first kappa shape index (κ1) is 29.7. The molecule has 0 aromatic heterocycles. The predicted octanol–water partition coefficient (Wildman–Crippen LogP) is 5.89. The molecule has 0 N–H and O–H groups in total. The van der Waals surface area contributed by atoms with Crippen LogP contribution in [0.25, 0.3) is 0 Å². The summed E-state index contributed by atoms with van der Waals surface area (Å²) in [6.45, 7) is 26.2. The van der Waals surface area contributed by atoms with E-state index in [2.05, 4.69) is 65.5 Å². The van der Waals surface area contributed by atoms with E-state index in [0.29, 0.717) is 12.8 Å². The van der Waals surface area contributed by atoms with E-state index in [4.69, 9.17) is 22.8 Å². The summed E-state index contributed by atoms with van der Waals surface area (Å²) in [6.07, 6.45) is 2.94. The molecule has 0 aromatic rings. The van der Waals surface area contributed by atoms with Crippen LogP contribution in [0.1, 0.15) is 39.0 Å². The molecule has 4 saturated carbocycles. The molecule has 7 nitrogen and oxygen atoms in total. The van der Waals surface area contributed by atoms with Gasteiger partial charge < -0.3 is 22.8 Å². The quantitative estimate of drug-likeness (QED) is 0.207. The molecule has 220 valence electrons. The first-order chi connectivity index (χ1) is 17.7. The Bertz CT molecular complexity index is 1090. The molecular formula is C29H50O7Si3. The highest BCUT2D eigenvalue weighted by molar-refractivity contribution is 6.70. The summed E-state index contributed by atoms with van der Waals surface area (Å²) in [5.74, 6) is -1.44. The molecule has 4 bridgehead atoms. The van der Waals surface area contributed by atoms with E-state index >= 15 is 0 Å². The maximum absolute atomic E-state index is 14.1. The van der Waals surface area contributed by atoms with Crippen LogP contribution in [-0.4, -0.2) is 67.4 Å². The molecule has 0 aromatic carbocycles. The molecule has 5 fully saturated rings. The number of hydrogen-bond donors (Lipinski definition) is 0. The second-order valence-corrected chi connectivity index (χ2v) is 29.5. The largest absolute Gasteiger partial charge is 0.469 e. The smallest absolute Gasteiger partial charge is 0.315 e. The van der Waals surface area contributed by atoms with Gasteiger partial charge in [-0.3, -0.25) is 9.59 Å². The van der Waals surface area contributed by atoms with E-state index in [9.17, 15) is 9.59 Å². The van der Waals surface area contributed by atoms with Gasteiger partial charge >= 0.3 is 11.9 Å². The van der Waals surface area contributed by atoms with Crippen molar-refractivity contribution in [3.05, 3.63) is 12.2 Å². The van der Waals surface area contributed by atoms with Gasteiger partial charge in [-0.15, -0.1) is 0 Å². The van der Waals surface area contributed by atoms with Gasteiger partial charge in [-0.05, 0) is 103 Å². The second-order valence-electron chi connectivity index (χ2n) is 16.2. The fourth-order valence-electron chi connectivity index (χ4n) is 9.57. The zero-order valence-corrected chi connectivity index (χ0v) is 29.0. The van der Waals surface area contributed by atoms with Crippen LogP contribution in [0.4, 0.5) is 0 Å². The molecule has 10 heteroatoms. The van der Waals surface area contributed by atoms with Crippen molar-refractivity contribution in [1.29, 1.82) is 0 Å². The fraction of sp³-hybridized carbons (Fsp3) is 0.862. The lowest BCUT2D eigenvalue weighted by Gasteiger charge is -2.53. The Morgan fingerprint density at radius 1 is 0.974 bits per heavy atom. The van der Waals surface area contributed by atoms with Gasteiger partial charge in [0, 0.05) is 18.3 Å². The van der Waals surface area contributed by atoms with Crippen molar-refractivity contribution in [2.75, 3.05) is 7.11 Å². The van der Waals surface area contributed by atoms with Crippen LogP contribution in [0, 0.1) is 28.6 Å². The monoisotopic (exact) mass is 594 g/mol. The Labute approximate surface area is 238 Å². The van der Waals surface area contributed by atoms with Crippen LogP contribution in [0.5, 0.6) is 0 Å². The Morgan fingerprint density at radius 2 is 1.56 bits per heavy atom. The number of rotatable bonds is 7. The number of hydrogen-bond acceptors (Lipinski definition) is 7. The normalized spacial score (nSPS) is 45.2. The van der Waals surface area contributed by atoms with E-state index in [-0.39, 0.29) is 36.0 Å². The van der Waals surface area contributed by atoms with E-state index < -0.39 is 52.9 Å². The SMILES string of the molecule is C=C1C[C@]23C[C@@]1(O[Si](C)(C)C)CCC2[C@@]12OC(=O)C(C)(C1C3C(=O)OC)[C@H](O[Si](C)(C)C)C[C@@H]2O[Si](C)(C)C. The fourth-order valence-corrected chi connectivity index (χ4v) is 13.4. The van der Waals surface area contributed by atoms with Gasteiger partial charge in [-0.2, -0.15) is 0 Å². The molecule has 1 aliphatic heterocycles. The van der Waals surface area contributed by atoms with Gasteiger partial charge in [0.1, 0.15) is 5.60 Å². The van der Waals surface area contributed by atoms with Gasteiger partial charge in [0.05, 0.1) is 36.3 Å². The third kappa shape index (κ3) is 4.17. The summed E-state index contributed by atoms with van der Waals surface area (Å²) in [5.41, 5.74) is -1.66. The summed E-state index contributed by atoms with van der Waals surface area (Å²) in [7, 11) is -4.58. The average molecular weight is 595 g/mol. The van der Waals surface area contributed by atoms with Gasteiger partial charge in [0.15, 0.2) is 25.0 Å². The molecule has 5 rings (SSSR count). The molecule has 9 atom stereocenters. The van der Waals surface area contributed by atoms with Crippen LogP contribution in [0.15, 0.2) is 12.2 Å². The number of carbonyl (C=O) groups excluding carboxylic acids is 2. The van der Waals surface area contributed by atoms with E-state index in [1.807, 2.05) is 6.92 Å². The zero-order valence-electron chi connectivity index (χ0n) is 26.0. The minimum atomic E-state index is -2.07. The Kier molecular flexibility index (Phi) is 6.57. The molecule has 1 spiro atoms. The molecular weight excluding hydrogens is 545 g/mol. The highest BCUT2D eigenvalue weighted by Gasteiger charge is 2.87. The third-order valence-corrected chi connectivity index (χ3v) is 13.2. The molecule has 4 aliphatic carbocycles. The van der Waals surface area contributed by atoms with E-state index in [1.165, 1.54) is 7.11 Å². The van der Waals surface area contributed by atoms with Crippen LogP contribution >= 0.6 is 0 Å². The second kappa shape index (κ2) is 8.63. The molecule has 1 saturated heterocycles. The number of fused-ring (bicyclic) bond motifs is 1. The Morgan fingerprint density at radius 3 is 2.10 bits per heavy atom. The molecule has 1 heterocycles. The van der Waals surface area contributed by atoms with Crippen LogP contribution < -0.4 is 0 Å². The zero-order chi connectivity index (χ0) is 29.2. The minimum absolute atomic E-state index is 0.0309. The first-order valence-corrected chi connectivity index (χ1v) is 24.9. The first-order valence-electron chi connectivity index (χ1n) is 14.7. The summed E-state index contributed by atoms with van der Waals surface area (Å²) in [4.78, 5) is 28.2. The van der Waals surface area contributed by atoms with Crippen molar-refractivity contribution >= 4 is 36.9 Å². The number of methoxy groups -OCH3 is 1. The van der Waals surface area contributed by atoms with Gasteiger partial charge in [0.2, 0.25) is 0 Å². The molecule has 4 unspecified atom stereocenters. The molecule has 0 amide bonds. The summed E-state index contributed by atoms with van der Waals surface area (Å²) in [6, 6.07) is 0. The third-order valence-electron chi connectivity index (χ3n) is 10.2. The average Bonchev–Trinajstić information content (AvgIpc) is 3.20. The number of esters is 2. The standard InChI is InChI=1S/C29H50O7Si3/c1-18-16-27-17-28(18,36-39(10,11)12)14-13-19(27)29-21(35-38(7,8)9)15-20(34-37(4,5)6)26(2,25(31)33-29)23(29)22(27)24(30)32-3/h19-23H,1,13-17H2,2-12H3/t19?,20-,21+,22?,23?,26?,27+,28+,29+/m1/s1. The van der Waals surface area contributed by atoms with Crippen molar-refractivity contribution < 1.29 is 32.3 Å². The highest BCUT2D eigenvalue weighted by atomic mass is 28.4. The van der Waals surface area contributed by atoms with Crippen molar-refractivity contribution in [3.63, 3.8) is 0 Å². The summed E-state index contributed by atoms with van der Waals surface area (Å²) >= 11 is 0. The highest BCUT2D eigenvalue weighted by Crippen LogP contribution is 2.79. The van der Waals surface area contributed by atoms with Gasteiger partial charge in [-0.25, -0.2) is 0 Å². The molecule has 5 aliphatic rings. The van der Waals surface area contributed by atoms with E-state index in [1.54, 1.807) is 0 Å². The van der Waals surface area contributed by atoms with Crippen LogP contribution in [0.2, 0.25) is 58.9 Å². The lowest BCUT2D eigenvalue weighted by Crippen LogP contribution is -2.64. The van der Waals surface area contributed by atoms with Crippen molar-refractivity contribution in [3.8, 4) is 0 Å². The maximum Gasteiger partial charge on any atom is 0.315 e.